The Labute approximate surface area is 101 Å². The average Bonchev–Trinajstić information content (AvgIpc) is 2.86. The van der Waals surface area contributed by atoms with E-state index in [0.29, 0.717) is 6.42 Å². The molecule has 0 unspecified atom stereocenters. The van der Waals surface area contributed by atoms with E-state index in [1.807, 2.05) is 24.3 Å². The van der Waals surface area contributed by atoms with Crippen LogP contribution in [0.25, 0.3) is 11.3 Å². The maximum absolute atomic E-state index is 11.6. The van der Waals surface area contributed by atoms with Crippen LogP contribution in [0.1, 0.15) is 22.3 Å². The first-order chi connectivity index (χ1) is 7.77. The lowest BCUT2D eigenvalue weighted by atomic mass is 10.0. The van der Waals surface area contributed by atoms with Gasteiger partial charge in [0.2, 0.25) is 0 Å². The standard InChI is InChI=1S/C13H9BrO2/c14-11-6-7-16-13(11)10-3-1-2-9-8(10)4-5-12(9)15/h1-3,6-7H,4-5H2. The molecule has 0 atom stereocenters. The predicted molar refractivity (Wildman–Crippen MR) is 64.5 cm³/mol. The largest absolute Gasteiger partial charge is 0.463 e. The first-order valence-corrected chi connectivity index (χ1v) is 5.95. The van der Waals surface area contributed by atoms with E-state index in [4.69, 9.17) is 4.42 Å². The first kappa shape index (κ1) is 9.85. The van der Waals surface area contributed by atoms with Gasteiger partial charge in [0, 0.05) is 17.5 Å². The Bertz CT molecular complexity index is 569. The maximum Gasteiger partial charge on any atom is 0.163 e. The van der Waals surface area contributed by atoms with Crippen LogP contribution in [0.4, 0.5) is 0 Å². The summed E-state index contributed by atoms with van der Waals surface area (Å²) in [5.41, 5.74) is 2.99. The van der Waals surface area contributed by atoms with Gasteiger partial charge < -0.3 is 4.42 Å². The summed E-state index contributed by atoms with van der Waals surface area (Å²) < 4.78 is 6.38. The number of rotatable bonds is 1. The van der Waals surface area contributed by atoms with Crippen LogP contribution in [0.3, 0.4) is 0 Å². The predicted octanol–water partition coefficient (Wildman–Crippen LogP) is 3.84. The van der Waals surface area contributed by atoms with Crippen molar-refractivity contribution in [3.05, 3.63) is 46.1 Å². The van der Waals surface area contributed by atoms with E-state index in [2.05, 4.69) is 15.9 Å². The summed E-state index contributed by atoms with van der Waals surface area (Å²) in [7, 11) is 0. The van der Waals surface area contributed by atoms with Gasteiger partial charge in [-0.15, -0.1) is 0 Å². The molecular weight excluding hydrogens is 268 g/mol. The lowest BCUT2D eigenvalue weighted by Gasteiger charge is -2.05. The molecule has 0 bridgehead atoms. The van der Waals surface area contributed by atoms with Gasteiger partial charge in [-0.1, -0.05) is 18.2 Å². The number of Topliss-reactive ketones (excluding diaryl/α,β-unsaturated/α-hetero) is 1. The van der Waals surface area contributed by atoms with Crippen molar-refractivity contribution in [3.63, 3.8) is 0 Å². The van der Waals surface area contributed by atoms with Gasteiger partial charge in [0.1, 0.15) is 5.76 Å². The highest BCUT2D eigenvalue weighted by Crippen LogP contribution is 2.36. The molecule has 1 aromatic heterocycles. The first-order valence-electron chi connectivity index (χ1n) is 5.16. The van der Waals surface area contributed by atoms with Crippen LogP contribution in [0.2, 0.25) is 0 Å². The topological polar surface area (TPSA) is 30.2 Å². The number of hydrogen-bond acceptors (Lipinski definition) is 2. The van der Waals surface area contributed by atoms with Gasteiger partial charge in [0.05, 0.1) is 10.7 Å². The Hall–Kier alpha value is -1.35. The fraction of sp³-hybridized carbons (Fsp3) is 0.154. The Balaban J connectivity index is 2.24. The van der Waals surface area contributed by atoms with Crippen LogP contribution < -0.4 is 0 Å². The molecule has 0 saturated carbocycles. The second-order valence-corrected chi connectivity index (χ2v) is 4.71. The van der Waals surface area contributed by atoms with Gasteiger partial charge in [-0.25, -0.2) is 0 Å². The van der Waals surface area contributed by atoms with E-state index in [0.717, 1.165) is 33.3 Å². The lowest BCUT2D eigenvalue weighted by molar-refractivity contribution is 0.0994. The number of halogens is 1. The van der Waals surface area contributed by atoms with Crippen molar-refractivity contribution in [1.82, 2.24) is 0 Å². The molecule has 0 aliphatic heterocycles. The number of ketones is 1. The van der Waals surface area contributed by atoms with Gasteiger partial charge in [0.25, 0.3) is 0 Å². The van der Waals surface area contributed by atoms with Gasteiger partial charge in [0.15, 0.2) is 5.78 Å². The molecule has 2 aromatic rings. The van der Waals surface area contributed by atoms with Crippen molar-refractivity contribution in [2.24, 2.45) is 0 Å². The minimum absolute atomic E-state index is 0.236. The zero-order valence-electron chi connectivity index (χ0n) is 8.50. The zero-order valence-corrected chi connectivity index (χ0v) is 10.1. The second kappa shape index (κ2) is 3.59. The molecule has 0 N–H and O–H groups in total. The number of carbonyl (C=O) groups excluding carboxylic acids is 1. The van der Waals surface area contributed by atoms with E-state index in [9.17, 15) is 4.79 Å². The van der Waals surface area contributed by atoms with E-state index in [1.165, 1.54) is 0 Å². The smallest absolute Gasteiger partial charge is 0.163 e. The van der Waals surface area contributed by atoms with Gasteiger partial charge in [-0.2, -0.15) is 0 Å². The zero-order chi connectivity index (χ0) is 11.1. The molecule has 0 saturated heterocycles. The fourth-order valence-corrected chi connectivity index (χ4v) is 2.60. The molecule has 0 fully saturated rings. The van der Waals surface area contributed by atoms with Crippen molar-refractivity contribution in [2.75, 3.05) is 0 Å². The van der Waals surface area contributed by atoms with E-state index in [1.54, 1.807) is 6.26 Å². The molecule has 1 aliphatic rings. The summed E-state index contributed by atoms with van der Waals surface area (Å²) in [5, 5.41) is 0. The summed E-state index contributed by atoms with van der Waals surface area (Å²) >= 11 is 3.45. The molecular formula is C13H9BrO2. The molecule has 0 radical (unpaired) electrons. The third kappa shape index (κ3) is 1.35. The summed E-state index contributed by atoms with van der Waals surface area (Å²) in [5.74, 6) is 1.05. The molecule has 3 heteroatoms. The van der Waals surface area contributed by atoms with E-state index in [-0.39, 0.29) is 5.78 Å². The summed E-state index contributed by atoms with van der Waals surface area (Å²) in [6.45, 7) is 0. The van der Waals surface area contributed by atoms with Gasteiger partial charge in [-0.3, -0.25) is 4.79 Å². The quantitative estimate of drug-likeness (QED) is 0.792. The second-order valence-electron chi connectivity index (χ2n) is 3.85. The fourth-order valence-electron chi connectivity index (χ4n) is 2.19. The van der Waals surface area contributed by atoms with Crippen molar-refractivity contribution < 1.29 is 9.21 Å². The maximum atomic E-state index is 11.6. The summed E-state index contributed by atoms with van der Waals surface area (Å²) in [6, 6.07) is 7.67. The molecule has 16 heavy (non-hydrogen) atoms. The summed E-state index contributed by atoms with van der Waals surface area (Å²) in [4.78, 5) is 11.6. The molecule has 0 spiro atoms. The lowest BCUT2D eigenvalue weighted by Crippen LogP contribution is -1.91. The van der Waals surface area contributed by atoms with Crippen LogP contribution in [-0.4, -0.2) is 5.78 Å². The van der Waals surface area contributed by atoms with Crippen molar-refractivity contribution in [1.29, 1.82) is 0 Å². The molecule has 1 aliphatic carbocycles. The molecule has 0 amide bonds. The highest BCUT2D eigenvalue weighted by molar-refractivity contribution is 9.10. The van der Waals surface area contributed by atoms with Gasteiger partial charge in [-0.05, 0) is 34.0 Å². The Kier molecular flexibility index (Phi) is 2.21. The van der Waals surface area contributed by atoms with Crippen LogP contribution in [0.5, 0.6) is 0 Å². The average molecular weight is 277 g/mol. The number of furan rings is 1. The Morgan fingerprint density at radius 1 is 1.12 bits per heavy atom. The van der Waals surface area contributed by atoms with Crippen LogP contribution in [0, 0.1) is 0 Å². The molecule has 1 aromatic carbocycles. The SMILES string of the molecule is O=C1CCc2c1cccc2-c1occc1Br. The molecule has 80 valence electrons. The number of carbonyl (C=O) groups is 1. The van der Waals surface area contributed by atoms with Crippen LogP contribution in [0.15, 0.2) is 39.4 Å². The molecule has 3 rings (SSSR count). The normalized spacial score (nSPS) is 14.2. The Morgan fingerprint density at radius 2 is 1.94 bits per heavy atom. The monoisotopic (exact) mass is 276 g/mol. The third-order valence-corrected chi connectivity index (χ3v) is 3.56. The molecule has 2 nitrogen and oxygen atoms in total. The van der Waals surface area contributed by atoms with Gasteiger partial charge >= 0.3 is 0 Å². The minimum atomic E-state index is 0.236. The molecule has 1 heterocycles. The van der Waals surface area contributed by atoms with Crippen LogP contribution in [-0.2, 0) is 6.42 Å². The summed E-state index contributed by atoms with van der Waals surface area (Å²) in [6.07, 6.45) is 3.08. The number of benzene rings is 1. The number of fused-ring (bicyclic) bond motifs is 1. The van der Waals surface area contributed by atoms with Crippen molar-refractivity contribution in [3.8, 4) is 11.3 Å². The van der Waals surface area contributed by atoms with E-state index < -0.39 is 0 Å². The highest BCUT2D eigenvalue weighted by Gasteiger charge is 2.23. The van der Waals surface area contributed by atoms with Crippen molar-refractivity contribution in [2.45, 2.75) is 12.8 Å². The van der Waals surface area contributed by atoms with E-state index >= 15 is 0 Å². The Morgan fingerprint density at radius 3 is 2.69 bits per heavy atom. The highest BCUT2D eigenvalue weighted by atomic mass is 79.9. The third-order valence-electron chi connectivity index (χ3n) is 2.94. The minimum Gasteiger partial charge on any atom is -0.463 e. The number of hydrogen-bond donors (Lipinski definition) is 0. The van der Waals surface area contributed by atoms with Crippen molar-refractivity contribution >= 4 is 21.7 Å². The van der Waals surface area contributed by atoms with Crippen LogP contribution >= 0.6 is 15.9 Å².